The normalized spacial score (nSPS) is 18.9. The van der Waals surface area contributed by atoms with Crippen LogP contribution in [0.1, 0.15) is 30.3 Å². The SMILES string of the molecule is Cc1ccc(S(=O)(=O)N2CCC[C@H]2c2nc3ccccc3[nH]2)cc1F. The predicted molar refractivity (Wildman–Crippen MR) is 93.1 cm³/mol. The van der Waals surface area contributed by atoms with E-state index in [9.17, 15) is 12.8 Å². The minimum absolute atomic E-state index is 0.0152. The Morgan fingerprint density at radius 2 is 2.04 bits per heavy atom. The van der Waals surface area contributed by atoms with E-state index in [1.807, 2.05) is 24.3 Å². The van der Waals surface area contributed by atoms with Crippen LogP contribution in [0, 0.1) is 12.7 Å². The molecule has 0 saturated carbocycles. The summed E-state index contributed by atoms with van der Waals surface area (Å²) < 4.78 is 41.3. The van der Waals surface area contributed by atoms with Gasteiger partial charge in [0, 0.05) is 6.54 Å². The van der Waals surface area contributed by atoms with Gasteiger partial charge in [-0.3, -0.25) is 0 Å². The maximum atomic E-state index is 13.9. The van der Waals surface area contributed by atoms with Gasteiger partial charge in [-0.15, -0.1) is 0 Å². The summed E-state index contributed by atoms with van der Waals surface area (Å²) in [5.41, 5.74) is 2.11. The van der Waals surface area contributed by atoms with Crippen molar-refractivity contribution in [2.24, 2.45) is 0 Å². The lowest BCUT2D eigenvalue weighted by Crippen LogP contribution is -2.31. The van der Waals surface area contributed by atoms with Gasteiger partial charge in [-0.2, -0.15) is 4.31 Å². The molecule has 2 aromatic carbocycles. The van der Waals surface area contributed by atoms with E-state index in [1.54, 1.807) is 6.92 Å². The number of fused-ring (bicyclic) bond motifs is 1. The summed E-state index contributed by atoms with van der Waals surface area (Å²) in [7, 11) is -3.78. The number of nitrogens with zero attached hydrogens (tertiary/aromatic N) is 2. The molecule has 0 aliphatic carbocycles. The molecule has 5 nitrogen and oxygen atoms in total. The number of halogens is 1. The summed E-state index contributed by atoms with van der Waals surface area (Å²) in [4.78, 5) is 7.75. The second kappa shape index (κ2) is 5.93. The number of aryl methyl sites for hydroxylation is 1. The fraction of sp³-hybridized carbons (Fsp3) is 0.278. The van der Waals surface area contributed by atoms with Crippen LogP contribution in [0.4, 0.5) is 4.39 Å². The molecule has 1 aliphatic rings. The summed E-state index contributed by atoms with van der Waals surface area (Å²) in [6.45, 7) is 2.01. The minimum atomic E-state index is -3.78. The van der Waals surface area contributed by atoms with E-state index in [0.717, 1.165) is 23.5 Å². The Bertz CT molecular complexity index is 1010. The quantitative estimate of drug-likeness (QED) is 0.778. The van der Waals surface area contributed by atoms with Crippen LogP contribution in [-0.2, 0) is 10.0 Å². The van der Waals surface area contributed by atoms with Gasteiger partial charge in [-0.05, 0) is 49.6 Å². The van der Waals surface area contributed by atoms with Crippen molar-refractivity contribution in [3.8, 4) is 0 Å². The van der Waals surface area contributed by atoms with Crippen LogP contribution in [0.3, 0.4) is 0 Å². The molecule has 1 N–H and O–H groups in total. The zero-order valence-corrected chi connectivity index (χ0v) is 14.6. The third kappa shape index (κ3) is 2.73. The van der Waals surface area contributed by atoms with Crippen molar-refractivity contribution in [1.29, 1.82) is 0 Å². The second-order valence-electron chi connectivity index (χ2n) is 6.32. The Labute approximate surface area is 145 Å². The van der Waals surface area contributed by atoms with E-state index in [4.69, 9.17) is 0 Å². The molecule has 0 amide bonds. The Balaban J connectivity index is 1.74. The number of sulfonamides is 1. The van der Waals surface area contributed by atoms with E-state index >= 15 is 0 Å². The number of benzene rings is 2. The van der Waals surface area contributed by atoms with Crippen molar-refractivity contribution < 1.29 is 12.8 Å². The Hall–Kier alpha value is -2.25. The average Bonchev–Trinajstić information content (AvgIpc) is 3.23. The van der Waals surface area contributed by atoms with Gasteiger partial charge < -0.3 is 4.98 Å². The molecular weight excluding hydrogens is 341 g/mol. The molecule has 2 heterocycles. The number of aromatic amines is 1. The molecular formula is C18H18FN3O2S. The molecule has 0 spiro atoms. The number of nitrogens with one attached hydrogen (secondary N) is 1. The topological polar surface area (TPSA) is 66.1 Å². The van der Waals surface area contributed by atoms with Crippen LogP contribution in [0.25, 0.3) is 11.0 Å². The fourth-order valence-electron chi connectivity index (χ4n) is 3.30. The Kier molecular flexibility index (Phi) is 3.85. The standard InChI is InChI=1S/C18H18FN3O2S/c1-12-8-9-13(11-14(12)19)25(23,24)22-10-4-7-17(22)18-20-15-5-2-3-6-16(15)21-18/h2-3,5-6,8-9,11,17H,4,7,10H2,1H3,(H,20,21)/t17-/m0/s1. The van der Waals surface area contributed by atoms with Crippen molar-refractivity contribution in [1.82, 2.24) is 14.3 Å². The van der Waals surface area contributed by atoms with Gasteiger partial charge in [0.1, 0.15) is 11.6 Å². The lowest BCUT2D eigenvalue weighted by molar-refractivity contribution is 0.385. The first-order chi connectivity index (χ1) is 12.0. The van der Waals surface area contributed by atoms with E-state index in [2.05, 4.69) is 9.97 Å². The fourth-order valence-corrected chi connectivity index (χ4v) is 4.97. The number of para-hydroxylation sites is 2. The molecule has 4 rings (SSSR count). The smallest absolute Gasteiger partial charge is 0.243 e. The van der Waals surface area contributed by atoms with E-state index in [0.29, 0.717) is 24.4 Å². The van der Waals surface area contributed by atoms with E-state index < -0.39 is 15.8 Å². The highest BCUT2D eigenvalue weighted by Crippen LogP contribution is 2.36. The summed E-state index contributed by atoms with van der Waals surface area (Å²) >= 11 is 0. The summed E-state index contributed by atoms with van der Waals surface area (Å²) in [5.74, 6) is 0.121. The van der Waals surface area contributed by atoms with Gasteiger partial charge in [-0.1, -0.05) is 18.2 Å². The number of rotatable bonds is 3. The monoisotopic (exact) mass is 359 g/mol. The molecule has 25 heavy (non-hydrogen) atoms. The Morgan fingerprint density at radius 1 is 1.24 bits per heavy atom. The number of imidazole rings is 1. The van der Waals surface area contributed by atoms with Gasteiger partial charge >= 0.3 is 0 Å². The highest BCUT2D eigenvalue weighted by molar-refractivity contribution is 7.89. The van der Waals surface area contributed by atoms with Crippen LogP contribution < -0.4 is 0 Å². The average molecular weight is 359 g/mol. The third-order valence-electron chi connectivity index (χ3n) is 4.68. The maximum Gasteiger partial charge on any atom is 0.243 e. The first-order valence-electron chi connectivity index (χ1n) is 8.19. The summed E-state index contributed by atoms with van der Waals surface area (Å²) in [6.07, 6.45) is 1.43. The highest BCUT2D eigenvalue weighted by Gasteiger charge is 2.38. The first-order valence-corrected chi connectivity index (χ1v) is 9.63. The Morgan fingerprint density at radius 3 is 2.80 bits per heavy atom. The number of H-pyrrole nitrogens is 1. The highest BCUT2D eigenvalue weighted by atomic mass is 32.2. The molecule has 1 atom stereocenters. The molecule has 1 aliphatic heterocycles. The zero-order chi connectivity index (χ0) is 17.6. The van der Waals surface area contributed by atoms with Crippen molar-refractivity contribution in [3.63, 3.8) is 0 Å². The number of hydrogen-bond donors (Lipinski definition) is 1. The van der Waals surface area contributed by atoms with Gasteiger partial charge in [0.05, 0.1) is 22.0 Å². The molecule has 1 fully saturated rings. The first kappa shape index (κ1) is 16.2. The third-order valence-corrected chi connectivity index (χ3v) is 6.58. The lowest BCUT2D eigenvalue weighted by Gasteiger charge is -2.22. The molecule has 3 aromatic rings. The second-order valence-corrected chi connectivity index (χ2v) is 8.21. The molecule has 0 bridgehead atoms. The predicted octanol–water partition coefficient (Wildman–Crippen LogP) is 3.54. The number of aromatic nitrogens is 2. The van der Waals surface area contributed by atoms with Crippen molar-refractivity contribution in [2.45, 2.75) is 30.7 Å². The zero-order valence-electron chi connectivity index (χ0n) is 13.7. The van der Waals surface area contributed by atoms with Gasteiger partial charge in [0.2, 0.25) is 10.0 Å². The van der Waals surface area contributed by atoms with Crippen molar-refractivity contribution in [3.05, 3.63) is 59.7 Å². The molecule has 1 saturated heterocycles. The molecule has 0 unspecified atom stereocenters. The largest absolute Gasteiger partial charge is 0.341 e. The van der Waals surface area contributed by atoms with Gasteiger partial charge in [0.15, 0.2) is 0 Å². The number of hydrogen-bond acceptors (Lipinski definition) is 3. The van der Waals surface area contributed by atoms with Gasteiger partial charge in [0.25, 0.3) is 0 Å². The molecule has 130 valence electrons. The van der Waals surface area contributed by atoms with Gasteiger partial charge in [-0.25, -0.2) is 17.8 Å². The summed E-state index contributed by atoms with van der Waals surface area (Å²) in [5, 5.41) is 0. The van der Waals surface area contributed by atoms with E-state index in [1.165, 1.54) is 16.4 Å². The summed E-state index contributed by atoms with van der Waals surface area (Å²) in [6, 6.07) is 11.3. The van der Waals surface area contributed by atoms with Crippen LogP contribution in [0.5, 0.6) is 0 Å². The minimum Gasteiger partial charge on any atom is -0.341 e. The van der Waals surface area contributed by atoms with Crippen LogP contribution in [-0.4, -0.2) is 29.2 Å². The van der Waals surface area contributed by atoms with Crippen LogP contribution >= 0.6 is 0 Å². The van der Waals surface area contributed by atoms with Crippen molar-refractivity contribution >= 4 is 21.1 Å². The molecule has 0 radical (unpaired) electrons. The molecule has 7 heteroatoms. The van der Waals surface area contributed by atoms with Crippen LogP contribution in [0.15, 0.2) is 47.4 Å². The van der Waals surface area contributed by atoms with E-state index in [-0.39, 0.29) is 10.9 Å². The lowest BCUT2D eigenvalue weighted by atomic mass is 10.2. The van der Waals surface area contributed by atoms with Crippen LogP contribution in [0.2, 0.25) is 0 Å². The van der Waals surface area contributed by atoms with Crippen molar-refractivity contribution in [2.75, 3.05) is 6.54 Å². The molecule has 1 aromatic heterocycles. The maximum absolute atomic E-state index is 13.9.